The van der Waals surface area contributed by atoms with E-state index in [1.807, 2.05) is 0 Å². The van der Waals surface area contributed by atoms with Crippen LogP contribution in [0.4, 0.5) is 10.3 Å². The maximum Gasteiger partial charge on any atom is 0.205 e. The molecule has 3 rings (SSSR count). The van der Waals surface area contributed by atoms with Crippen LogP contribution in [0.5, 0.6) is 0 Å². The van der Waals surface area contributed by atoms with Crippen LogP contribution in [0, 0.1) is 5.82 Å². The number of nitrogen functional groups attached to an aromatic ring is 1. The molecule has 96 valence electrons. The summed E-state index contributed by atoms with van der Waals surface area (Å²) in [4.78, 5) is 8.14. The molecule has 0 unspecified atom stereocenters. The van der Waals surface area contributed by atoms with Crippen molar-refractivity contribution >= 4 is 40.2 Å². The molecule has 2 N–H and O–H groups in total. The topological polar surface area (TPSA) is 56.7 Å². The van der Waals surface area contributed by atoms with Crippen molar-refractivity contribution in [1.82, 2.24) is 14.5 Å². The Hall–Kier alpha value is -1.85. The van der Waals surface area contributed by atoms with Crippen LogP contribution in [0.25, 0.3) is 16.7 Å². The third kappa shape index (κ3) is 1.91. The number of anilines is 1. The van der Waals surface area contributed by atoms with Crippen LogP contribution in [-0.2, 0) is 0 Å². The van der Waals surface area contributed by atoms with E-state index in [1.165, 1.54) is 12.1 Å². The molecule has 0 aliphatic carbocycles. The number of halogens is 3. The maximum atomic E-state index is 13.4. The van der Waals surface area contributed by atoms with Gasteiger partial charge in [0.25, 0.3) is 0 Å². The van der Waals surface area contributed by atoms with Crippen LogP contribution in [0.2, 0.25) is 10.0 Å². The van der Waals surface area contributed by atoms with Crippen LogP contribution < -0.4 is 5.73 Å². The number of aromatic nitrogens is 3. The Labute approximate surface area is 117 Å². The maximum absolute atomic E-state index is 13.4. The summed E-state index contributed by atoms with van der Waals surface area (Å²) in [5.41, 5.74) is 7.79. The first kappa shape index (κ1) is 12.2. The zero-order valence-electron chi connectivity index (χ0n) is 9.44. The highest BCUT2D eigenvalue weighted by molar-refractivity contribution is 6.35. The van der Waals surface area contributed by atoms with Gasteiger partial charge in [-0.05, 0) is 18.2 Å². The van der Waals surface area contributed by atoms with Crippen LogP contribution in [-0.4, -0.2) is 14.5 Å². The van der Waals surface area contributed by atoms with Gasteiger partial charge in [0, 0.05) is 6.20 Å². The van der Waals surface area contributed by atoms with Gasteiger partial charge in [-0.3, -0.25) is 9.55 Å². The van der Waals surface area contributed by atoms with Crippen LogP contribution >= 0.6 is 23.2 Å². The van der Waals surface area contributed by atoms with Crippen molar-refractivity contribution in [2.45, 2.75) is 0 Å². The van der Waals surface area contributed by atoms with E-state index in [0.717, 1.165) is 5.52 Å². The number of hydrogen-bond donors (Lipinski definition) is 1. The molecule has 1 aromatic carbocycles. The average Bonchev–Trinajstić information content (AvgIpc) is 2.71. The van der Waals surface area contributed by atoms with Crippen molar-refractivity contribution in [3.8, 4) is 5.69 Å². The molecule has 0 radical (unpaired) electrons. The number of rotatable bonds is 1. The predicted molar refractivity (Wildman–Crippen MR) is 73.3 cm³/mol. The van der Waals surface area contributed by atoms with Gasteiger partial charge in [-0.1, -0.05) is 23.2 Å². The van der Waals surface area contributed by atoms with Crippen LogP contribution in [0.15, 0.2) is 30.6 Å². The summed E-state index contributed by atoms with van der Waals surface area (Å²) in [5.74, 6) is -0.404. The summed E-state index contributed by atoms with van der Waals surface area (Å²) in [6.45, 7) is 0. The number of fused-ring (bicyclic) bond motifs is 1. The van der Waals surface area contributed by atoms with Gasteiger partial charge in [0.05, 0.1) is 27.4 Å². The van der Waals surface area contributed by atoms with Crippen molar-refractivity contribution in [3.05, 3.63) is 46.5 Å². The van der Waals surface area contributed by atoms with E-state index in [4.69, 9.17) is 28.9 Å². The molecule has 7 heteroatoms. The number of imidazole rings is 1. The second-order valence-corrected chi connectivity index (χ2v) is 4.71. The lowest BCUT2D eigenvalue weighted by atomic mass is 10.3. The third-order valence-corrected chi connectivity index (χ3v) is 3.26. The van der Waals surface area contributed by atoms with Gasteiger partial charge >= 0.3 is 0 Å². The minimum Gasteiger partial charge on any atom is -0.369 e. The second kappa shape index (κ2) is 4.36. The molecule has 0 saturated heterocycles. The summed E-state index contributed by atoms with van der Waals surface area (Å²) in [6, 6.07) is 4.64. The summed E-state index contributed by atoms with van der Waals surface area (Å²) >= 11 is 11.6. The number of hydrogen-bond acceptors (Lipinski definition) is 3. The van der Waals surface area contributed by atoms with Crippen LogP contribution in [0.1, 0.15) is 0 Å². The van der Waals surface area contributed by atoms with Crippen molar-refractivity contribution in [1.29, 1.82) is 0 Å². The molecular weight excluding hydrogens is 290 g/mol. The van der Waals surface area contributed by atoms with E-state index in [9.17, 15) is 4.39 Å². The van der Waals surface area contributed by atoms with E-state index in [0.29, 0.717) is 11.2 Å². The molecule has 0 aliphatic rings. The highest BCUT2D eigenvalue weighted by atomic mass is 35.5. The van der Waals surface area contributed by atoms with Crippen molar-refractivity contribution < 1.29 is 4.39 Å². The number of nitrogens with zero attached hydrogens (tertiary/aromatic N) is 3. The van der Waals surface area contributed by atoms with Gasteiger partial charge in [-0.15, -0.1) is 0 Å². The normalized spacial score (nSPS) is 11.1. The first-order valence-corrected chi connectivity index (χ1v) is 6.06. The fourth-order valence-corrected chi connectivity index (χ4v) is 2.37. The molecule has 19 heavy (non-hydrogen) atoms. The van der Waals surface area contributed by atoms with E-state index < -0.39 is 5.82 Å². The number of benzene rings is 1. The van der Waals surface area contributed by atoms with Crippen LogP contribution in [0.3, 0.4) is 0 Å². The molecular formula is C12H7Cl2FN4. The monoisotopic (exact) mass is 296 g/mol. The zero-order chi connectivity index (χ0) is 13.6. The standard InChI is InChI=1S/C12H7Cl2FN4/c13-7-3-6(4-8(14)11(7)15)19-10-1-2-17-5-9(10)18-12(19)16/h1-5H,(H2,16,18). The van der Waals surface area contributed by atoms with Gasteiger partial charge in [0.1, 0.15) is 5.52 Å². The molecule has 0 atom stereocenters. The Kier molecular flexibility index (Phi) is 2.80. The highest BCUT2D eigenvalue weighted by Crippen LogP contribution is 2.29. The lowest BCUT2D eigenvalue weighted by molar-refractivity contribution is 0.628. The Morgan fingerprint density at radius 2 is 1.89 bits per heavy atom. The Balaban J connectivity index is 2.33. The molecule has 0 spiro atoms. The predicted octanol–water partition coefficient (Wildman–Crippen LogP) is 3.45. The molecule has 0 fully saturated rings. The molecule has 3 aromatic rings. The Morgan fingerprint density at radius 3 is 2.58 bits per heavy atom. The van der Waals surface area contributed by atoms with Gasteiger partial charge in [0.2, 0.25) is 5.95 Å². The minimum absolute atomic E-state index is 0.0715. The SMILES string of the molecule is Nc1nc2cnccc2n1-c1cc(Cl)c(F)c(Cl)c1. The third-order valence-electron chi connectivity index (χ3n) is 2.71. The zero-order valence-corrected chi connectivity index (χ0v) is 11.0. The first-order chi connectivity index (χ1) is 9.08. The average molecular weight is 297 g/mol. The van der Waals surface area contributed by atoms with Crippen molar-refractivity contribution in [3.63, 3.8) is 0 Å². The largest absolute Gasteiger partial charge is 0.369 e. The quantitative estimate of drug-likeness (QED) is 0.700. The van der Waals surface area contributed by atoms with E-state index in [2.05, 4.69) is 9.97 Å². The van der Waals surface area contributed by atoms with E-state index in [-0.39, 0.29) is 16.0 Å². The fraction of sp³-hybridized carbons (Fsp3) is 0. The minimum atomic E-state index is -0.656. The lowest BCUT2D eigenvalue weighted by Crippen LogP contribution is -2.01. The van der Waals surface area contributed by atoms with Gasteiger partial charge in [-0.25, -0.2) is 9.37 Å². The number of nitrogens with two attached hydrogens (primary N) is 1. The van der Waals surface area contributed by atoms with Crippen molar-refractivity contribution in [2.24, 2.45) is 0 Å². The van der Waals surface area contributed by atoms with E-state index >= 15 is 0 Å². The Bertz CT molecular complexity index is 761. The summed E-state index contributed by atoms with van der Waals surface area (Å²) < 4.78 is 15.1. The summed E-state index contributed by atoms with van der Waals surface area (Å²) in [7, 11) is 0. The highest BCUT2D eigenvalue weighted by Gasteiger charge is 2.14. The molecule has 4 nitrogen and oxygen atoms in total. The second-order valence-electron chi connectivity index (χ2n) is 3.89. The molecule has 2 heterocycles. The molecule has 2 aromatic heterocycles. The van der Waals surface area contributed by atoms with Gasteiger partial charge in [0.15, 0.2) is 5.82 Å². The van der Waals surface area contributed by atoms with Crippen molar-refractivity contribution in [2.75, 3.05) is 5.73 Å². The fourth-order valence-electron chi connectivity index (χ4n) is 1.89. The Morgan fingerprint density at radius 1 is 1.21 bits per heavy atom. The molecule has 0 amide bonds. The molecule has 0 aliphatic heterocycles. The lowest BCUT2D eigenvalue weighted by Gasteiger charge is -2.08. The first-order valence-electron chi connectivity index (χ1n) is 5.31. The van der Waals surface area contributed by atoms with Gasteiger partial charge < -0.3 is 5.73 Å². The summed E-state index contributed by atoms with van der Waals surface area (Å²) in [5, 5.41) is -0.143. The van der Waals surface area contributed by atoms with E-state index in [1.54, 1.807) is 23.0 Å². The molecule has 0 saturated carbocycles. The van der Waals surface area contributed by atoms with Gasteiger partial charge in [-0.2, -0.15) is 0 Å². The smallest absolute Gasteiger partial charge is 0.205 e. The molecule has 0 bridgehead atoms. The number of pyridine rings is 1. The summed E-state index contributed by atoms with van der Waals surface area (Å²) in [6.07, 6.45) is 3.21.